The number of nitrogens with zero attached hydrogens (tertiary/aromatic N) is 6. The van der Waals surface area contributed by atoms with Crippen LogP contribution in [0.25, 0.3) is 0 Å². The van der Waals surface area contributed by atoms with Crippen LogP contribution in [0.2, 0.25) is 0 Å². The van der Waals surface area contributed by atoms with E-state index in [0.717, 1.165) is 0 Å². The number of hydrogen-bond acceptors (Lipinski definition) is 8. The van der Waals surface area contributed by atoms with Gasteiger partial charge in [0.15, 0.2) is 6.61 Å². The molecule has 1 rings (SSSR count). The minimum absolute atomic E-state index is 0.232. The van der Waals surface area contributed by atoms with Gasteiger partial charge in [-0.15, -0.1) is 5.10 Å². The van der Waals surface area contributed by atoms with Crippen LogP contribution < -0.4 is 0 Å². The molecule has 12 nitrogen and oxygen atoms in total. The van der Waals surface area contributed by atoms with Gasteiger partial charge in [0.2, 0.25) is 5.69 Å². The molecular weight excluding hydrogens is 250 g/mol. The first-order valence-electron chi connectivity index (χ1n) is 4.49. The summed E-state index contributed by atoms with van der Waals surface area (Å²) >= 11 is 0. The van der Waals surface area contributed by atoms with Gasteiger partial charge in [0.25, 0.3) is 0 Å². The summed E-state index contributed by atoms with van der Waals surface area (Å²) in [6, 6.07) is 0. The maximum atomic E-state index is 10.7. The molecule has 1 heterocycles. The van der Waals surface area contributed by atoms with E-state index in [1.165, 1.54) is 5.01 Å². The third-order valence-corrected chi connectivity index (χ3v) is 1.63. The molecule has 0 atom stereocenters. The van der Waals surface area contributed by atoms with E-state index in [-0.39, 0.29) is 5.69 Å². The second kappa shape index (κ2) is 5.51. The molecule has 0 saturated heterocycles. The van der Waals surface area contributed by atoms with Gasteiger partial charge in [-0.05, 0) is 10.1 Å². The third kappa shape index (κ3) is 3.10. The topological polar surface area (TPSA) is 152 Å². The van der Waals surface area contributed by atoms with Crippen LogP contribution in [0.3, 0.4) is 0 Å². The molecule has 0 saturated carbocycles. The number of H-pyrrole nitrogens is 1. The smallest absolute Gasteiger partial charge is 0.371 e. The number of aromatic nitrogens is 2. The Morgan fingerprint density at radius 2 is 2.06 bits per heavy atom. The van der Waals surface area contributed by atoms with Gasteiger partial charge in [-0.25, -0.2) is 0 Å². The molecule has 0 aromatic carbocycles. The van der Waals surface area contributed by atoms with Crippen molar-refractivity contribution in [2.75, 3.05) is 14.1 Å². The molecule has 1 aromatic heterocycles. The highest BCUT2D eigenvalue weighted by molar-refractivity contribution is 5.50. The average molecular weight is 259 g/mol. The Bertz CT molecular complexity index is 481. The number of nitrogens with one attached hydrogen (secondary N) is 1. The van der Waals surface area contributed by atoms with E-state index in [9.17, 15) is 20.2 Å². The molecule has 1 aromatic rings. The molecule has 0 aliphatic rings. The molecule has 0 fully saturated rings. The number of rotatable bonds is 6. The molecule has 18 heavy (non-hydrogen) atoms. The van der Waals surface area contributed by atoms with Gasteiger partial charge in [0.1, 0.15) is 0 Å². The molecule has 0 amide bonds. The van der Waals surface area contributed by atoms with E-state index in [0.29, 0.717) is 0 Å². The van der Waals surface area contributed by atoms with E-state index in [2.05, 4.69) is 20.4 Å². The molecule has 98 valence electrons. The van der Waals surface area contributed by atoms with Crippen LogP contribution in [-0.4, -0.2) is 39.1 Å². The fourth-order valence-electron chi connectivity index (χ4n) is 0.972. The summed E-state index contributed by atoms with van der Waals surface area (Å²) in [7, 11) is 3.18. The summed E-state index contributed by atoms with van der Waals surface area (Å²) in [4.78, 5) is 23.9. The predicted molar refractivity (Wildman–Crippen MR) is 55.2 cm³/mol. The van der Waals surface area contributed by atoms with Crippen molar-refractivity contribution in [2.24, 2.45) is 10.5 Å². The van der Waals surface area contributed by atoms with Crippen LogP contribution in [0.15, 0.2) is 10.5 Å². The molecule has 0 unspecified atom stereocenters. The fourth-order valence-corrected chi connectivity index (χ4v) is 0.972. The lowest BCUT2D eigenvalue weighted by atomic mass is 10.4. The number of aromatic amines is 1. The van der Waals surface area contributed by atoms with Gasteiger partial charge in [-0.1, -0.05) is 5.10 Å². The normalized spacial score (nSPS) is 10.6. The molecule has 0 spiro atoms. The quantitative estimate of drug-likeness (QED) is 0.445. The molecular formula is C6H9N7O5. The van der Waals surface area contributed by atoms with Crippen molar-refractivity contribution in [3.63, 3.8) is 0 Å². The zero-order chi connectivity index (χ0) is 13.7. The van der Waals surface area contributed by atoms with E-state index in [1.807, 2.05) is 5.10 Å². The van der Waals surface area contributed by atoms with Gasteiger partial charge >= 0.3 is 11.5 Å². The third-order valence-electron chi connectivity index (χ3n) is 1.63. The van der Waals surface area contributed by atoms with Crippen LogP contribution in [0.4, 0.5) is 11.5 Å². The summed E-state index contributed by atoms with van der Waals surface area (Å²) in [6.07, 6.45) is 0. The minimum atomic E-state index is -0.935. The monoisotopic (exact) mass is 259 g/mol. The Kier molecular flexibility index (Phi) is 4.07. The van der Waals surface area contributed by atoms with Crippen molar-refractivity contribution >= 4 is 11.5 Å². The highest BCUT2D eigenvalue weighted by atomic mass is 16.7. The molecule has 12 heteroatoms. The lowest BCUT2D eigenvalue weighted by molar-refractivity contribution is -0.425. The van der Waals surface area contributed by atoms with Crippen LogP contribution in [0.5, 0.6) is 0 Å². The van der Waals surface area contributed by atoms with Crippen molar-refractivity contribution in [3.8, 4) is 0 Å². The minimum Gasteiger partial charge on any atom is -0.371 e. The van der Waals surface area contributed by atoms with Gasteiger partial charge in [-0.3, -0.25) is 15.1 Å². The van der Waals surface area contributed by atoms with Gasteiger partial charge in [0.05, 0.1) is 4.92 Å². The van der Waals surface area contributed by atoms with E-state index in [4.69, 9.17) is 0 Å². The predicted octanol–water partition coefficient (Wildman–Crippen LogP) is 0.586. The fraction of sp³-hybridized carbons (Fsp3) is 0.500. The summed E-state index contributed by atoms with van der Waals surface area (Å²) in [5, 5.41) is 34.6. The molecule has 0 bridgehead atoms. The Hall–Kier alpha value is -2.79. The lowest BCUT2D eigenvalue weighted by Crippen LogP contribution is -2.01. The average Bonchev–Trinajstić information content (AvgIpc) is 2.67. The summed E-state index contributed by atoms with van der Waals surface area (Å²) < 4.78 is 0. The first-order valence-corrected chi connectivity index (χ1v) is 4.49. The Morgan fingerprint density at radius 1 is 1.39 bits per heavy atom. The van der Waals surface area contributed by atoms with E-state index >= 15 is 0 Å². The standard InChI is InChI=1S/C6H9N7O5/c1-11(2)9-10-18-3-4-5(12(14)15)6(8-7-4)13(16)17/h3H2,1-2H3,(H,7,8). The van der Waals surface area contributed by atoms with Crippen LogP contribution in [0, 0.1) is 20.2 Å². The first-order chi connectivity index (χ1) is 8.43. The Labute approximate surface area is 99.5 Å². The van der Waals surface area contributed by atoms with Gasteiger partial charge in [0, 0.05) is 19.4 Å². The van der Waals surface area contributed by atoms with Crippen LogP contribution in [0.1, 0.15) is 5.69 Å². The van der Waals surface area contributed by atoms with Crippen molar-refractivity contribution < 1.29 is 14.7 Å². The number of nitro groups is 2. The second-order valence-corrected chi connectivity index (χ2v) is 3.17. The zero-order valence-corrected chi connectivity index (χ0v) is 9.43. The van der Waals surface area contributed by atoms with Crippen molar-refractivity contribution in [1.82, 2.24) is 15.2 Å². The van der Waals surface area contributed by atoms with Crippen LogP contribution >= 0.6 is 0 Å². The second-order valence-electron chi connectivity index (χ2n) is 3.17. The lowest BCUT2D eigenvalue weighted by Gasteiger charge is -1.99. The number of hydrogen-bond donors (Lipinski definition) is 1. The first kappa shape index (κ1) is 13.3. The highest BCUT2D eigenvalue weighted by Crippen LogP contribution is 2.27. The van der Waals surface area contributed by atoms with Gasteiger partial charge < -0.3 is 15.0 Å². The maximum absolute atomic E-state index is 10.7. The van der Waals surface area contributed by atoms with Crippen molar-refractivity contribution in [1.29, 1.82) is 0 Å². The summed E-state index contributed by atoms with van der Waals surface area (Å²) in [5.74, 6) is -0.803. The Morgan fingerprint density at radius 3 is 2.56 bits per heavy atom. The van der Waals surface area contributed by atoms with Crippen molar-refractivity contribution in [2.45, 2.75) is 6.61 Å². The molecule has 0 radical (unpaired) electrons. The maximum Gasteiger partial charge on any atom is 0.422 e. The summed E-state index contributed by atoms with van der Waals surface area (Å²) in [6.45, 7) is -0.405. The largest absolute Gasteiger partial charge is 0.422 e. The molecule has 0 aliphatic carbocycles. The molecule has 0 aliphatic heterocycles. The van der Waals surface area contributed by atoms with Gasteiger partial charge in [-0.2, -0.15) is 0 Å². The Balaban J connectivity index is 2.83. The highest BCUT2D eigenvalue weighted by Gasteiger charge is 2.33. The van der Waals surface area contributed by atoms with E-state index in [1.54, 1.807) is 14.1 Å². The van der Waals surface area contributed by atoms with E-state index < -0.39 is 28.0 Å². The summed E-state index contributed by atoms with van der Waals surface area (Å²) in [5.41, 5.74) is -0.982. The van der Waals surface area contributed by atoms with Crippen LogP contribution in [-0.2, 0) is 11.4 Å². The zero-order valence-electron chi connectivity index (χ0n) is 9.43. The molecule has 1 N–H and O–H groups in total. The SMILES string of the molecule is CN(C)N=NOCc1n[nH]c([N+](=O)[O-])c1[N+](=O)[O-]. The van der Waals surface area contributed by atoms with Crippen molar-refractivity contribution in [3.05, 3.63) is 25.9 Å².